The summed E-state index contributed by atoms with van der Waals surface area (Å²) >= 11 is 3.34. The van der Waals surface area contributed by atoms with Gasteiger partial charge in [-0.05, 0) is 54.7 Å². The van der Waals surface area contributed by atoms with E-state index >= 15 is 0 Å². The van der Waals surface area contributed by atoms with Crippen LogP contribution in [0, 0.1) is 23.7 Å². The molecule has 202 valence electrons. The molecular formula is C33H23BrN2O5. The van der Waals surface area contributed by atoms with Gasteiger partial charge in [-0.2, -0.15) is 0 Å². The van der Waals surface area contributed by atoms with Crippen molar-refractivity contribution >= 4 is 56.1 Å². The minimum absolute atomic E-state index is 0.129. The Morgan fingerprint density at radius 1 is 0.878 bits per heavy atom. The lowest BCUT2D eigenvalue weighted by Crippen LogP contribution is -2.32. The predicted octanol–water partition coefficient (Wildman–Crippen LogP) is 6.02. The first-order chi connectivity index (χ1) is 19.9. The van der Waals surface area contributed by atoms with E-state index in [0.717, 1.165) is 10.9 Å². The van der Waals surface area contributed by atoms with Crippen molar-refractivity contribution in [3.8, 4) is 11.3 Å². The van der Waals surface area contributed by atoms with Gasteiger partial charge in [-0.15, -0.1) is 0 Å². The summed E-state index contributed by atoms with van der Waals surface area (Å²) in [5, 5.41) is 0.608. The first-order valence-corrected chi connectivity index (χ1v) is 14.2. The number of pyridine rings is 1. The van der Waals surface area contributed by atoms with Gasteiger partial charge in [-0.1, -0.05) is 70.5 Å². The molecule has 7 nitrogen and oxygen atoms in total. The fourth-order valence-corrected chi connectivity index (χ4v) is 6.62. The molecule has 2 aliphatic carbocycles. The van der Waals surface area contributed by atoms with Crippen LogP contribution in [0.15, 0.2) is 95.5 Å². The minimum Gasteiger partial charge on any atom is -0.454 e. The van der Waals surface area contributed by atoms with Crippen molar-refractivity contribution in [3.05, 3.63) is 107 Å². The van der Waals surface area contributed by atoms with E-state index in [-0.39, 0.29) is 41.3 Å². The van der Waals surface area contributed by atoms with Crippen LogP contribution in [0.5, 0.6) is 0 Å². The molecule has 1 aromatic heterocycles. The number of aromatic nitrogens is 1. The van der Waals surface area contributed by atoms with E-state index < -0.39 is 12.6 Å². The second kappa shape index (κ2) is 9.89. The maximum atomic E-state index is 13.2. The number of fused-ring (bicyclic) bond motifs is 6. The van der Waals surface area contributed by atoms with Crippen LogP contribution in [0.3, 0.4) is 0 Å². The third-order valence-corrected chi connectivity index (χ3v) is 8.86. The number of benzene rings is 3. The topological polar surface area (TPSA) is 93.6 Å². The van der Waals surface area contributed by atoms with Crippen LogP contribution in [-0.4, -0.2) is 35.2 Å². The lowest BCUT2D eigenvalue weighted by molar-refractivity contribution is -0.123. The summed E-state index contributed by atoms with van der Waals surface area (Å²) in [7, 11) is 0. The summed E-state index contributed by atoms with van der Waals surface area (Å²) in [6, 6.07) is 22.8. The molecule has 2 bridgehead atoms. The summed E-state index contributed by atoms with van der Waals surface area (Å²) in [6.45, 7) is -0.391. The summed E-state index contributed by atoms with van der Waals surface area (Å²) < 4.78 is 6.28. The molecule has 7 rings (SSSR count). The van der Waals surface area contributed by atoms with Crippen LogP contribution in [0.25, 0.3) is 22.2 Å². The van der Waals surface area contributed by atoms with E-state index in [4.69, 9.17) is 9.72 Å². The van der Waals surface area contributed by atoms with E-state index in [2.05, 4.69) is 28.1 Å². The molecule has 41 heavy (non-hydrogen) atoms. The molecule has 1 saturated heterocycles. The zero-order valence-electron chi connectivity index (χ0n) is 21.7. The Hall–Kier alpha value is -4.43. The van der Waals surface area contributed by atoms with Crippen LogP contribution >= 0.6 is 15.9 Å². The molecule has 1 saturated carbocycles. The molecule has 8 heteroatoms. The number of halogens is 1. The van der Waals surface area contributed by atoms with E-state index in [0.29, 0.717) is 39.0 Å². The van der Waals surface area contributed by atoms with E-state index in [1.165, 1.54) is 4.90 Å². The highest BCUT2D eigenvalue weighted by molar-refractivity contribution is 9.10. The van der Waals surface area contributed by atoms with Gasteiger partial charge in [0.2, 0.25) is 11.8 Å². The third kappa shape index (κ3) is 4.30. The van der Waals surface area contributed by atoms with Crippen molar-refractivity contribution in [1.82, 2.24) is 4.98 Å². The largest absolute Gasteiger partial charge is 0.454 e. The van der Waals surface area contributed by atoms with Crippen molar-refractivity contribution in [2.24, 2.45) is 23.7 Å². The number of nitrogens with zero attached hydrogens (tertiary/aromatic N) is 2. The number of allylic oxidation sites excluding steroid dienone is 2. The average molecular weight is 607 g/mol. The second-order valence-corrected chi connectivity index (χ2v) is 11.6. The number of rotatable bonds is 6. The van der Waals surface area contributed by atoms with Gasteiger partial charge in [0.15, 0.2) is 12.4 Å². The van der Waals surface area contributed by atoms with Crippen LogP contribution in [0.1, 0.15) is 27.1 Å². The monoisotopic (exact) mass is 606 g/mol. The number of anilines is 1. The molecule has 3 aliphatic rings. The van der Waals surface area contributed by atoms with Crippen molar-refractivity contribution in [3.63, 3.8) is 0 Å². The minimum atomic E-state index is -0.630. The molecule has 4 aromatic rings. The fraction of sp³-hybridized carbons (Fsp3) is 0.182. The lowest BCUT2D eigenvalue weighted by Gasteiger charge is -2.17. The van der Waals surface area contributed by atoms with E-state index in [1.807, 2.05) is 12.1 Å². The molecular weight excluding hydrogens is 584 g/mol. The van der Waals surface area contributed by atoms with Crippen molar-refractivity contribution in [2.45, 2.75) is 6.42 Å². The highest BCUT2D eigenvalue weighted by Crippen LogP contribution is 2.53. The number of esters is 1. The van der Waals surface area contributed by atoms with Gasteiger partial charge in [0.25, 0.3) is 0 Å². The molecule has 2 amide bonds. The Bertz CT molecular complexity index is 1750. The Labute approximate surface area is 244 Å². The summed E-state index contributed by atoms with van der Waals surface area (Å²) in [4.78, 5) is 58.2. The van der Waals surface area contributed by atoms with Gasteiger partial charge in [-0.3, -0.25) is 19.3 Å². The van der Waals surface area contributed by atoms with Crippen molar-refractivity contribution in [1.29, 1.82) is 0 Å². The third-order valence-electron chi connectivity index (χ3n) is 8.33. The lowest BCUT2D eigenvalue weighted by atomic mass is 9.85. The quantitative estimate of drug-likeness (QED) is 0.115. The first-order valence-electron chi connectivity index (χ1n) is 13.4. The summed E-state index contributed by atoms with van der Waals surface area (Å²) in [5.74, 6) is -1.42. The van der Waals surface area contributed by atoms with Crippen LogP contribution in [0.4, 0.5) is 5.69 Å². The number of carbonyl (C=O) groups excluding carboxylic acids is 4. The van der Waals surface area contributed by atoms with E-state index in [1.54, 1.807) is 66.7 Å². The number of ketones is 1. The van der Waals surface area contributed by atoms with Crippen molar-refractivity contribution < 1.29 is 23.9 Å². The summed E-state index contributed by atoms with van der Waals surface area (Å²) in [6.07, 6.45) is 5.04. The van der Waals surface area contributed by atoms with Gasteiger partial charge in [0.1, 0.15) is 0 Å². The Morgan fingerprint density at radius 3 is 2.22 bits per heavy atom. The Kier molecular flexibility index (Phi) is 6.16. The van der Waals surface area contributed by atoms with Crippen molar-refractivity contribution in [2.75, 3.05) is 11.5 Å². The van der Waals surface area contributed by atoms with Gasteiger partial charge in [-0.25, -0.2) is 9.78 Å². The number of amides is 2. The Balaban J connectivity index is 1.15. The molecule has 4 atom stereocenters. The van der Waals surface area contributed by atoms with Gasteiger partial charge in [0, 0.05) is 21.0 Å². The molecule has 4 unspecified atom stereocenters. The van der Waals surface area contributed by atoms with Gasteiger partial charge >= 0.3 is 5.97 Å². The van der Waals surface area contributed by atoms with Crippen LogP contribution < -0.4 is 4.90 Å². The molecule has 0 N–H and O–H groups in total. The number of para-hydroxylation sites is 1. The highest BCUT2D eigenvalue weighted by atomic mass is 79.9. The summed E-state index contributed by atoms with van der Waals surface area (Å²) in [5.41, 5.74) is 3.10. The number of ether oxygens (including phenoxy) is 1. The molecule has 2 fully saturated rings. The molecule has 1 aliphatic heterocycles. The van der Waals surface area contributed by atoms with E-state index in [9.17, 15) is 19.2 Å². The second-order valence-electron chi connectivity index (χ2n) is 10.6. The zero-order chi connectivity index (χ0) is 28.2. The normalized spacial score (nSPS) is 22.4. The van der Waals surface area contributed by atoms with Gasteiger partial charge in [0.05, 0.1) is 34.3 Å². The maximum absolute atomic E-state index is 13.2. The van der Waals surface area contributed by atoms with Crippen LogP contribution in [-0.2, 0) is 14.3 Å². The molecule has 3 aromatic carbocycles. The maximum Gasteiger partial charge on any atom is 0.339 e. The Morgan fingerprint density at radius 2 is 1.54 bits per heavy atom. The SMILES string of the molecule is O=C(COC(=O)c1cc(-c2ccc(N3C(=O)C4C5C=CC(C5)C4C3=O)cc2)nc2ccccc12)c1ccc(Br)cc1. The number of carbonyl (C=O) groups is 4. The number of hydrogen-bond acceptors (Lipinski definition) is 6. The molecule has 2 heterocycles. The van der Waals surface area contributed by atoms with Gasteiger partial charge < -0.3 is 4.74 Å². The standard InChI is InChI=1S/C33H23BrN2O5/c34-22-11-7-19(8-12-22)28(37)17-41-33(40)25-16-27(35-26-4-2-1-3-24(25)26)18-9-13-23(14-10-18)36-31(38)29-20-5-6-21(15-20)30(29)32(36)39/h1-14,16,20-21,29-30H,15,17H2. The average Bonchev–Trinajstić information content (AvgIpc) is 3.69. The smallest absolute Gasteiger partial charge is 0.339 e. The number of Topliss-reactive ketones (excluding diaryl/α,β-unsaturated/α-hetero) is 1. The van der Waals surface area contributed by atoms with Crippen LogP contribution in [0.2, 0.25) is 0 Å². The fourth-order valence-electron chi connectivity index (χ4n) is 6.36. The number of imide groups is 1. The zero-order valence-corrected chi connectivity index (χ0v) is 23.3. The highest BCUT2D eigenvalue weighted by Gasteiger charge is 2.59. The predicted molar refractivity (Wildman–Crippen MR) is 156 cm³/mol. The molecule has 0 spiro atoms. The molecule has 0 radical (unpaired) electrons. The first kappa shape index (κ1) is 25.5. The number of hydrogen-bond donors (Lipinski definition) is 0.